The first kappa shape index (κ1) is 19.5. The fourth-order valence-electron chi connectivity index (χ4n) is 4.03. The standard InChI is InChI=1S/C24H18ClNO5/c1-13-9-19-17(11-18(13)25)22(27)20-21(14-5-3-6-15(10-14)29-2)26(24(28)23(20)31-19)12-16-7-4-8-30-16/h3-11,21H,12H2,1-2H3. The Balaban J connectivity index is 1.77. The van der Waals surface area contributed by atoms with Gasteiger partial charge in [0.15, 0.2) is 5.43 Å². The molecule has 1 atom stereocenters. The van der Waals surface area contributed by atoms with Crippen molar-refractivity contribution >= 4 is 28.5 Å². The first-order chi connectivity index (χ1) is 15.0. The zero-order chi connectivity index (χ0) is 21.7. The number of amides is 1. The summed E-state index contributed by atoms with van der Waals surface area (Å²) in [5, 5.41) is 0.810. The molecule has 0 saturated heterocycles. The van der Waals surface area contributed by atoms with Gasteiger partial charge in [0, 0.05) is 5.02 Å². The number of fused-ring (bicyclic) bond motifs is 2. The monoisotopic (exact) mass is 435 g/mol. The second-order valence-corrected chi connectivity index (χ2v) is 7.87. The van der Waals surface area contributed by atoms with Gasteiger partial charge in [0.2, 0.25) is 5.76 Å². The minimum Gasteiger partial charge on any atom is -0.497 e. The van der Waals surface area contributed by atoms with E-state index in [0.717, 1.165) is 11.1 Å². The van der Waals surface area contributed by atoms with Gasteiger partial charge in [-0.2, -0.15) is 0 Å². The van der Waals surface area contributed by atoms with E-state index in [4.69, 9.17) is 25.2 Å². The van der Waals surface area contributed by atoms with Crippen LogP contribution in [0.1, 0.15) is 39.0 Å². The lowest BCUT2D eigenvalue weighted by molar-refractivity contribution is 0.0701. The zero-order valence-electron chi connectivity index (χ0n) is 16.8. The van der Waals surface area contributed by atoms with Gasteiger partial charge in [-0.15, -0.1) is 0 Å². The number of rotatable bonds is 4. The Bertz CT molecular complexity index is 1370. The molecule has 156 valence electrons. The predicted octanol–water partition coefficient (Wildman–Crippen LogP) is 5.10. The first-order valence-electron chi connectivity index (χ1n) is 9.72. The molecule has 31 heavy (non-hydrogen) atoms. The molecule has 1 unspecified atom stereocenters. The summed E-state index contributed by atoms with van der Waals surface area (Å²) >= 11 is 6.27. The molecule has 1 amide bonds. The number of hydrogen-bond acceptors (Lipinski definition) is 5. The van der Waals surface area contributed by atoms with E-state index in [9.17, 15) is 9.59 Å². The van der Waals surface area contributed by atoms with E-state index in [1.807, 2.05) is 31.2 Å². The fourth-order valence-corrected chi connectivity index (χ4v) is 4.20. The van der Waals surface area contributed by atoms with Crippen LogP contribution < -0.4 is 10.2 Å². The van der Waals surface area contributed by atoms with Gasteiger partial charge in [0.1, 0.15) is 17.1 Å². The Hall–Kier alpha value is -3.51. The van der Waals surface area contributed by atoms with Gasteiger partial charge in [0.25, 0.3) is 5.91 Å². The lowest BCUT2D eigenvalue weighted by Crippen LogP contribution is -2.29. The van der Waals surface area contributed by atoms with E-state index < -0.39 is 6.04 Å². The van der Waals surface area contributed by atoms with Crippen molar-refractivity contribution in [2.24, 2.45) is 0 Å². The number of nitrogens with zero attached hydrogens (tertiary/aromatic N) is 1. The molecule has 2 aromatic carbocycles. The minimum absolute atomic E-state index is 0.0404. The summed E-state index contributed by atoms with van der Waals surface area (Å²) in [6.07, 6.45) is 1.55. The highest BCUT2D eigenvalue weighted by atomic mass is 35.5. The second-order valence-electron chi connectivity index (χ2n) is 7.46. The van der Waals surface area contributed by atoms with Crippen molar-refractivity contribution in [1.29, 1.82) is 0 Å². The molecule has 3 heterocycles. The van der Waals surface area contributed by atoms with Crippen LogP contribution in [-0.2, 0) is 6.54 Å². The molecule has 5 rings (SSSR count). The molecule has 0 aliphatic carbocycles. The largest absolute Gasteiger partial charge is 0.497 e. The number of benzene rings is 2. The van der Waals surface area contributed by atoms with Crippen LogP contribution in [-0.4, -0.2) is 17.9 Å². The molecule has 7 heteroatoms. The highest BCUT2D eigenvalue weighted by Gasteiger charge is 2.43. The van der Waals surface area contributed by atoms with E-state index in [0.29, 0.717) is 27.5 Å². The highest BCUT2D eigenvalue weighted by molar-refractivity contribution is 6.32. The molecule has 4 aromatic rings. The SMILES string of the molecule is COc1cccc(C2c3c(oc4cc(C)c(Cl)cc4c3=O)C(=O)N2Cc2ccco2)c1. The van der Waals surface area contributed by atoms with Crippen LogP contribution in [0.15, 0.2) is 68.4 Å². The summed E-state index contributed by atoms with van der Waals surface area (Å²) in [7, 11) is 1.57. The van der Waals surface area contributed by atoms with Crippen LogP contribution in [0.4, 0.5) is 0 Å². The summed E-state index contributed by atoms with van der Waals surface area (Å²) in [5.74, 6) is 0.898. The number of carbonyl (C=O) groups is 1. The number of furan rings is 1. The molecular weight excluding hydrogens is 418 g/mol. The summed E-state index contributed by atoms with van der Waals surface area (Å²) in [4.78, 5) is 28.5. The summed E-state index contributed by atoms with van der Waals surface area (Å²) in [6.45, 7) is 2.01. The summed E-state index contributed by atoms with van der Waals surface area (Å²) in [6, 6.07) is 13.5. The number of aryl methyl sites for hydroxylation is 1. The van der Waals surface area contributed by atoms with E-state index >= 15 is 0 Å². The molecule has 0 N–H and O–H groups in total. The molecule has 0 spiro atoms. The quantitative estimate of drug-likeness (QED) is 0.445. The van der Waals surface area contributed by atoms with Crippen molar-refractivity contribution in [1.82, 2.24) is 4.90 Å². The van der Waals surface area contributed by atoms with E-state index in [2.05, 4.69) is 0 Å². The first-order valence-corrected chi connectivity index (χ1v) is 10.1. The number of halogens is 1. The Morgan fingerprint density at radius 1 is 1.13 bits per heavy atom. The maximum Gasteiger partial charge on any atom is 0.291 e. The van der Waals surface area contributed by atoms with E-state index in [-0.39, 0.29) is 29.2 Å². The molecule has 0 bridgehead atoms. The molecule has 0 saturated carbocycles. The van der Waals surface area contributed by atoms with Crippen molar-refractivity contribution in [2.75, 3.05) is 7.11 Å². The number of hydrogen-bond donors (Lipinski definition) is 0. The maximum absolute atomic E-state index is 13.6. The van der Waals surface area contributed by atoms with Crippen molar-refractivity contribution in [2.45, 2.75) is 19.5 Å². The average molecular weight is 436 g/mol. The average Bonchev–Trinajstić information content (AvgIpc) is 3.37. The Labute approximate surface area is 182 Å². The summed E-state index contributed by atoms with van der Waals surface area (Å²) < 4.78 is 16.8. The van der Waals surface area contributed by atoms with Crippen LogP contribution in [0.25, 0.3) is 11.0 Å². The molecule has 1 aliphatic rings. The normalized spacial score (nSPS) is 15.5. The minimum atomic E-state index is -0.650. The van der Waals surface area contributed by atoms with Gasteiger partial charge in [-0.1, -0.05) is 23.7 Å². The van der Waals surface area contributed by atoms with Gasteiger partial charge in [-0.25, -0.2) is 0 Å². The number of ether oxygens (including phenoxy) is 1. The van der Waals surface area contributed by atoms with Crippen LogP contribution in [0.2, 0.25) is 5.02 Å². The number of carbonyl (C=O) groups excluding carboxylic acids is 1. The zero-order valence-corrected chi connectivity index (χ0v) is 17.6. The van der Waals surface area contributed by atoms with E-state index in [1.165, 1.54) is 0 Å². The van der Waals surface area contributed by atoms with Crippen LogP contribution >= 0.6 is 11.6 Å². The molecule has 0 fully saturated rings. The second kappa shape index (κ2) is 7.32. The molecule has 6 nitrogen and oxygen atoms in total. The molecule has 2 aromatic heterocycles. The van der Waals surface area contributed by atoms with Crippen LogP contribution in [0.3, 0.4) is 0 Å². The maximum atomic E-state index is 13.6. The van der Waals surface area contributed by atoms with Crippen molar-refractivity contribution in [3.8, 4) is 5.75 Å². The Kier molecular flexibility index (Phi) is 4.59. The smallest absolute Gasteiger partial charge is 0.291 e. The van der Waals surface area contributed by atoms with Gasteiger partial charge in [-0.05, 0) is 54.4 Å². The van der Waals surface area contributed by atoms with Crippen molar-refractivity contribution in [3.05, 3.63) is 98.3 Å². The van der Waals surface area contributed by atoms with Gasteiger partial charge in [0.05, 0.1) is 36.9 Å². The third kappa shape index (κ3) is 3.11. The highest BCUT2D eigenvalue weighted by Crippen LogP contribution is 2.40. The van der Waals surface area contributed by atoms with Crippen LogP contribution in [0.5, 0.6) is 5.75 Å². The van der Waals surface area contributed by atoms with Gasteiger partial charge in [-0.3, -0.25) is 9.59 Å². The van der Waals surface area contributed by atoms with Gasteiger partial charge >= 0.3 is 0 Å². The lowest BCUT2D eigenvalue weighted by Gasteiger charge is -2.24. The fraction of sp³-hybridized carbons (Fsp3) is 0.167. The number of methoxy groups -OCH3 is 1. The van der Waals surface area contributed by atoms with Crippen LogP contribution in [0, 0.1) is 6.92 Å². The summed E-state index contributed by atoms with van der Waals surface area (Å²) in [5.41, 5.74) is 1.85. The Morgan fingerprint density at radius 2 is 1.97 bits per heavy atom. The lowest BCUT2D eigenvalue weighted by atomic mass is 9.98. The van der Waals surface area contributed by atoms with E-state index in [1.54, 1.807) is 42.5 Å². The molecular formula is C24H18ClNO5. The van der Waals surface area contributed by atoms with Crippen molar-refractivity contribution < 1.29 is 18.4 Å². The topological polar surface area (TPSA) is 72.9 Å². The van der Waals surface area contributed by atoms with Crippen molar-refractivity contribution in [3.63, 3.8) is 0 Å². The third-order valence-corrected chi connectivity index (χ3v) is 5.97. The molecule has 0 radical (unpaired) electrons. The molecule has 1 aliphatic heterocycles. The third-order valence-electron chi connectivity index (χ3n) is 5.56. The Morgan fingerprint density at radius 3 is 2.71 bits per heavy atom. The van der Waals surface area contributed by atoms with Gasteiger partial charge < -0.3 is 18.5 Å². The predicted molar refractivity (Wildman–Crippen MR) is 116 cm³/mol.